The Morgan fingerprint density at radius 1 is 0.348 bits per heavy atom. The van der Waals surface area contributed by atoms with Gasteiger partial charge in [0.15, 0.2) is 11.6 Å². The van der Waals surface area contributed by atoms with E-state index in [1.165, 1.54) is 60.7 Å². The van der Waals surface area contributed by atoms with E-state index >= 15 is 0 Å². The predicted molar refractivity (Wildman–Crippen MR) is 347 cm³/mol. The molecule has 92 heavy (non-hydrogen) atoms. The highest BCUT2D eigenvalue weighted by Crippen LogP contribution is 2.49. The predicted octanol–water partition coefficient (Wildman–Crippen LogP) is 15.7. The van der Waals surface area contributed by atoms with Crippen LogP contribution in [0.1, 0.15) is 144 Å². The normalized spacial score (nSPS) is 13.2. The van der Waals surface area contributed by atoms with Gasteiger partial charge in [-0.15, -0.1) is 0 Å². The van der Waals surface area contributed by atoms with Crippen LogP contribution < -0.4 is 23.7 Å². The van der Waals surface area contributed by atoms with E-state index in [2.05, 4.69) is 0 Å². The molecule has 0 radical (unpaired) electrons. The third-order valence-corrected chi connectivity index (χ3v) is 20.5. The fraction of sp³-hybridized carbons (Fsp3) is 0.275. The molecule has 8 aromatic carbocycles. The third kappa shape index (κ3) is 15.4. The van der Waals surface area contributed by atoms with Crippen LogP contribution >= 0.6 is 0 Å². The van der Waals surface area contributed by atoms with Crippen molar-refractivity contribution in [2.24, 2.45) is 0 Å². The minimum absolute atomic E-state index is 0.151. The molecule has 0 saturated carbocycles. The average molecular weight is 1330 g/mol. The first-order chi connectivity index (χ1) is 43.0. The molecule has 0 aliphatic heterocycles. The topological polar surface area (TPSA) is 298 Å². The van der Waals surface area contributed by atoms with Crippen molar-refractivity contribution >= 4 is 52.0 Å². The van der Waals surface area contributed by atoms with E-state index in [9.17, 15) is 61.5 Å². The van der Waals surface area contributed by atoms with E-state index in [0.29, 0.717) is 47.0 Å². The number of ketones is 2. The molecule has 1 unspecified atom stereocenters. The third-order valence-electron chi connectivity index (χ3n) is 17.0. The van der Waals surface area contributed by atoms with Gasteiger partial charge in [0.1, 0.15) is 67.0 Å². The minimum Gasteiger partial charge on any atom is -0.488 e. The number of rotatable bonds is 27. The van der Waals surface area contributed by atoms with Crippen LogP contribution in [0.2, 0.25) is 0 Å². The first-order valence-electron chi connectivity index (χ1n) is 29.4. The molecule has 8 rings (SSSR count). The molecule has 0 spiro atoms. The molecule has 0 amide bonds. The first-order valence-corrected chi connectivity index (χ1v) is 35.1. The van der Waals surface area contributed by atoms with Crippen molar-refractivity contribution in [1.82, 2.24) is 0 Å². The second-order valence-corrected chi connectivity index (χ2v) is 29.1. The number of hydrogen-bond acceptors (Lipinski definition) is 15. The first kappa shape index (κ1) is 69.6. The Labute approximate surface area is 537 Å². The van der Waals surface area contributed by atoms with Gasteiger partial charge in [-0.25, -0.2) is 0 Å². The number of benzene rings is 8. The SMILES string of the molecule is CCC(C)(C)Oc1ccc(Oc2ccc(Oc3ccc(C(=O)c4ccc(C(CC)(CC)C(C)(CC)Oc5ccc(-c6ccc(Oc7ccc(C(=O)c8ccc(C(C)(C)CC)c(S(=O)(=O)O)c8)cc7S(=O)(=O)O)cc6)cc5)c(S(=O)(=O)O)c4)cc3S(=O)(=O)O)cc2)cc1. The molecular weight excluding hydrogens is 1260 g/mol. The van der Waals surface area contributed by atoms with E-state index in [1.807, 2.05) is 55.4 Å². The quantitative estimate of drug-likeness (QED) is 0.0275. The van der Waals surface area contributed by atoms with Crippen LogP contribution in [0.3, 0.4) is 0 Å². The lowest BCUT2D eigenvalue weighted by Gasteiger charge is -2.48. The highest BCUT2D eigenvalue weighted by Gasteiger charge is 2.50. The van der Waals surface area contributed by atoms with E-state index in [-0.39, 0.29) is 74.8 Å². The lowest BCUT2D eigenvalue weighted by Crippen LogP contribution is -2.53. The zero-order valence-corrected chi connectivity index (χ0v) is 55.5. The van der Waals surface area contributed by atoms with Crippen molar-refractivity contribution in [1.29, 1.82) is 0 Å². The molecule has 23 heteroatoms. The van der Waals surface area contributed by atoms with Gasteiger partial charge in [-0.2, -0.15) is 33.7 Å². The molecule has 0 saturated heterocycles. The molecule has 0 bridgehead atoms. The van der Waals surface area contributed by atoms with Gasteiger partial charge < -0.3 is 23.7 Å². The van der Waals surface area contributed by atoms with Crippen LogP contribution in [-0.2, 0) is 51.3 Å². The maximum absolute atomic E-state index is 14.2. The summed E-state index contributed by atoms with van der Waals surface area (Å²) in [6, 6.07) is 41.1. The summed E-state index contributed by atoms with van der Waals surface area (Å²) in [5, 5.41) is 0. The van der Waals surface area contributed by atoms with Crippen LogP contribution in [-0.4, -0.2) is 74.7 Å². The molecule has 0 aliphatic carbocycles. The van der Waals surface area contributed by atoms with Gasteiger partial charge >= 0.3 is 0 Å². The van der Waals surface area contributed by atoms with E-state index < -0.39 is 88.1 Å². The maximum atomic E-state index is 14.2. The van der Waals surface area contributed by atoms with Crippen molar-refractivity contribution < 1.29 is 85.2 Å². The van der Waals surface area contributed by atoms with Gasteiger partial charge in [0.2, 0.25) is 0 Å². The van der Waals surface area contributed by atoms with E-state index in [4.69, 9.17) is 23.7 Å². The average Bonchev–Trinajstić information content (AvgIpc) is 0.741. The molecule has 8 aromatic rings. The van der Waals surface area contributed by atoms with E-state index in [1.54, 1.807) is 98.8 Å². The summed E-state index contributed by atoms with van der Waals surface area (Å²) >= 11 is 0. The zero-order valence-electron chi connectivity index (χ0n) is 52.2. The molecule has 19 nitrogen and oxygen atoms in total. The zero-order chi connectivity index (χ0) is 67.6. The summed E-state index contributed by atoms with van der Waals surface area (Å²) in [6.07, 6.45) is 2.21. The summed E-state index contributed by atoms with van der Waals surface area (Å²) in [5.41, 5.74) is -2.38. The van der Waals surface area contributed by atoms with Crippen LogP contribution in [0, 0.1) is 0 Å². The number of ether oxygens (including phenoxy) is 5. The number of carbonyl (C=O) groups is 2. The molecule has 486 valence electrons. The smallest absolute Gasteiger partial charge is 0.298 e. The molecule has 0 aromatic heterocycles. The minimum atomic E-state index is -5.07. The Morgan fingerprint density at radius 3 is 1.02 bits per heavy atom. The largest absolute Gasteiger partial charge is 0.488 e. The van der Waals surface area contributed by atoms with Crippen LogP contribution in [0.25, 0.3) is 11.1 Å². The van der Waals surface area contributed by atoms with Gasteiger partial charge in [-0.05, 0) is 202 Å². The van der Waals surface area contributed by atoms with Crippen molar-refractivity contribution in [3.8, 4) is 57.1 Å². The fourth-order valence-electron chi connectivity index (χ4n) is 10.9. The van der Waals surface area contributed by atoms with E-state index in [0.717, 1.165) is 30.7 Å². The lowest BCUT2D eigenvalue weighted by atomic mass is 9.63. The van der Waals surface area contributed by atoms with Crippen LogP contribution in [0.15, 0.2) is 189 Å². The van der Waals surface area contributed by atoms with Gasteiger partial charge in [0.25, 0.3) is 40.5 Å². The molecular formula is C69H72O19S4. The van der Waals surface area contributed by atoms with Crippen LogP contribution in [0.4, 0.5) is 0 Å². The van der Waals surface area contributed by atoms with Gasteiger partial charge in [-0.3, -0.25) is 27.8 Å². The standard InChI is InChI=1S/C69H72O19S4/c1-11-66(6,7)56-36-20-46(40-60(56)89(72,73)74)64(70)48-22-38-58(62(42-48)91(78,79)80)85-52-24-16-44(17-25-52)45-18-26-55(27-19-45)88-68(10,13-3)69(14-4,15-5)57-37-21-47(41-61(57)90(75,76)77)65(71)49-23-39-59(63(43-49)92(81,82)83)86-53-30-28-50(29-31-53)84-51-32-34-54(35-33-51)87-67(8,9)12-2/h16-43H,11-15H2,1-10H3,(H,72,73,74)(H,75,76,77)(H,78,79,80)(H,81,82,83). The summed E-state index contributed by atoms with van der Waals surface area (Å²) in [6.45, 7) is 18.8. The molecule has 0 aliphatic rings. The highest BCUT2D eigenvalue weighted by atomic mass is 32.2. The Morgan fingerprint density at radius 2 is 0.663 bits per heavy atom. The Hall–Kier alpha value is -8.26. The lowest BCUT2D eigenvalue weighted by molar-refractivity contribution is -0.00963. The van der Waals surface area contributed by atoms with Crippen molar-refractivity contribution in [3.05, 3.63) is 203 Å². The fourth-order valence-corrected chi connectivity index (χ4v) is 13.9. The second-order valence-electron chi connectivity index (χ2n) is 23.5. The molecule has 1 atom stereocenters. The Bertz CT molecular complexity index is 4540. The number of carbonyl (C=O) groups excluding carboxylic acids is 2. The second kappa shape index (κ2) is 26.8. The van der Waals surface area contributed by atoms with Gasteiger partial charge in [0.05, 0.1) is 9.79 Å². The summed E-state index contributed by atoms with van der Waals surface area (Å²) in [7, 11) is -19.9. The molecule has 0 fully saturated rings. The summed E-state index contributed by atoms with van der Waals surface area (Å²) < 4.78 is 175. The molecule has 4 N–H and O–H groups in total. The summed E-state index contributed by atoms with van der Waals surface area (Å²) in [5.74, 6) is 0.0782. The Balaban J connectivity index is 0.984. The molecule has 0 heterocycles. The Kier molecular flexibility index (Phi) is 20.2. The van der Waals surface area contributed by atoms with Crippen molar-refractivity contribution in [3.63, 3.8) is 0 Å². The monoisotopic (exact) mass is 1330 g/mol. The van der Waals surface area contributed by atoms with Crippen LogP contribution in [0.5, 0.6) is 46.0 Å². The highest BCUT2D eigenvalue weighted by molar-refractivity contribution is 7.86. The summed E-state index contributed by atoms with van der Waals surface area (Å²) in [4.78, 5) is 25.4. The van der Waals surface area contributed by atoms with Crippen molar-refractivity contribution in [2.45, 2.75) is 143 Å². The van der Waals surface area contributed by atoms with Crippen molar-refractivity contribution in [2.75, 3.05) is 0 Å². The number of hydrogen-bond donors (Lipinski definition) is 4. The maximum Gasteiger partial charge on any atom is 0.298 e. The van der Waals surface area contributed by atoms with Gasteiger partial charge in [0, 0.05) is 27.7 Å². The van der Waals surface area contributed by atoms with Gasteiger partial charge in [-0.1, -0.05) is 97.0 Å².